The van der Waals surface area contributed by atoms with Crippen molar-refractivity contribution in [2.75, 3.05) is 7.11 Å². The van der Waals surface area contributed by atoms with E-state index in [0.29, 0.717) is 0 Å². The molecule has 0 unspecified atom stereocenters. The lowest BCUT2D eigenvalue weighted by atomic mass is 10.0. The van der Waals surface area contributed by atoms with Crippen molar-refractivity contribution in [3.05, 3.63) is 109 Å². The smallest absolute Gasteiger partial charge is 0.351 e. The summed E-state index contributed by atoms with van der Waals surface area (Å²) in [6.45, 7) is 10.4. The molecule has 198 valence electrons. The van der Waals surface area contributed by atoms with E-state index in [0.717, 1.165) is 0 Å². The first-order valence-electron chi connectivity index (χ1n) is 13.5. The van der Waals surface area contributed by atoms with Gasteiger partial charge in [0.15, 0.2) is 0 Å². The summed E-state index contributed by atoms with van der Waals surface area (Å²) in [5.41, 5.74) is 10.0. The number of carbonyl (C=O) groups is 1. The molecule has 39 heavy (non-hydrogen) atoms. The third-order valence-corrected chi connectivity index (χ3v) is 7.16. The molecule has 4 aromatic carbocycles. The van der Waals surface area contributed by atoms with Crippen LogP contribution >= 0.6 is 0 Å². The largest absolute Gasteiger partial charge is 0.469 e. The van der Waals surface area contributed by atoms with E-state index < -0.39 is 0 Å². The van der Waals surface area contributed by atoms with Crippen LogP contribution in [0.1, 0.15) is 34.6 Å². The quantitative estimate of drug-likeness (QED) is 0.197. The minimum absolute atomic E-state index is 0.00463. The lowest BCUT2D eigenvalue weighted by Gasteiger charge is -2.12. The number of nitrogens with zero attached hydrogens (tertiary/aromatic N) is 2. The zero-order chi connectivity index (χ0) is 27.9. The van der Waals surface area contributed by atoms with Gasteiger partial charge in [0.05, 0.1) is 31.1 Å². The molecular weight excluding hydrogens is 480 g/mol. The zero-order valence-corrected chi connectivity index (χ0v) is 23.8. The van der Waals surface area contributed by atoms with Crippen LogP contribution in [0.25, 0.3) is 22.3 Å². The highest BCUT2D eigenvalue weighted by molar-refractivity contribution is 6.37. The van der Waals surface area contributed by atoms with Gasteiger partial charge in [-0.2, -0.15) is 0 Å². The SMILES string of the molecule is CC1=[N+](c2ccccc2-c2ccccc2)C(C)[N+](c2ccccc2-c2ccccc2)=C1C.COC(=O)C(C)C. The highest BCUT2D eigenvalue weighted by atomic mass is 16.5. The molecule has 0 aromatic heterocycles. The van der Waals surface area contributed by atoms with Gasteiger partial charge in [0.2, 0.25) is 11.4 Å². The van der Waals surface area contributed by atoms with Crippen LogP contribution < -0.4 is 0 Å². The number of esters is 1. The molecule has 0 aliphatic carbocycles. The van der Waals surface area contributed by atoms with Gasteiger partial charge >= 0.3 is 12.1 Å². The van der Waals surface area contributed by atoms with Gasteiger partial charge in [-0.3, -0.25) is 4.79 Å². The van der Waals surface area contributed by atoms with E-state index >= 15 is 0 Å². The second-order valence-electron chi connectivity index (χ2n) is 9.99. The molecule has 4 aromatic rings. The van der Waals surface area contributed by atoms with E-state index in [9.17, 15) is 4.79 Å². The molecule has 0 saturated carbocycles. The van der Waals surface area contributed by atoms with Crippen LogP contribution in [-0.2, 0) is 9.53 Å². The summed E-state index contributed by atoms with van der Waals surface area (Å²) in [7, 11) is 1.39. The van der Waals surface area contributed by atoms with Crippen LogP contribution in [-0.4, -0.2) is 39.8 Å². The Balaban J connectivity index is 0.000000448. The summed E-state index contributed by atoms with van der Waals surface area (Å²) in [4.78, 5) is 10.3. The molecule has 4 heteroatoms. The maximum atomic E-state index is 10.3. The highest BCUT2D eigenvalue weighted by Gasteiger charge is 2.44. The van der Waals surface area contributed by atoms with Gasteiger partial charge in [-0.25, -0.2) is 0 Å². The van der Waals surface area contributed by atoms with Crippen molar-refractivity contribution in [2.45, 2.75) is 40.8 Å². The fourth-order valence-corrected chi connectivity index (χ4v) is 5.12. The molecule has 0 bridgehead atoms. The number of ether oxygens (including phenoxy) is 1. The number of para-hydroxylation sites is 2. The van der Waals surface area contributed by atoms with Crippen LogP contribution in [0, 0.1) is 5.92 Å². The molecule has 0 amide bonds. The number of hydrogen-bond acceptors (Lipinski definition) is 2. The molecule has 1 aliphatic heterocycles. The van der Waals surface area contributed by atoms with Crippen LogP contribution in [0.4, 0.5) is 11.4 Å². The molecule has 0 N–H and O–H groups in total. The Hall–Kier alpha value is -4.31. The molecular formula is C35H38N2O2+2. The van der Waals surface area contributed by atoms with Crippen LogP contribution in [0.3, 0.4) is 0 Å². The van der Waals surface area contributed by atoms with E-state index in [2.05, 4.69) is 144 Å². The van der Waals surface area contributed by atoms with Gasteiger partial charge < -0.3 is 4.74 Å². The fraction of sp³-hybridized carbons (Fsp3) is 0.229. The van der Waals surface area contributed by atoms with Crippen molar-refractivity contribution in [2.24, 2.45) is 5.92 Å². The van der Waals surface area contributed by atoms with Gasteiger partial charge in [-0.05, 0) is 23.3 Å². The van der Waals surface area contributed by atoms with Crippen molar-refractivity contribution < 1.29 is 18.7 Å². The lowest BCUT2D eigenvalue weighted by Crippen LogP contribution is -2.26. The van der Waals surface area contributed by atoms with E-state index in [-0.39, 0.29) is 18.1 Å². The number of hydrogen-bond donors (Lipinski definition) is 0. The second-order valence-corrected chi connectivity index (χ2v) is 9.99. The maximum absolute atomic E-state index is 10.3. The predicted molar refractivity (Wildman–Crippen MR) is 161 cm³/mol. The summed E-state index contributed by atoms with van der Waals surface area (Å²) in [6.07, 6.45) is 0.157. The molecule has 0 radical (unpaired) electrons. The highest BCUT2D eigenvalue weighted by Crippen LogP contribution is 2.37. The Morgan fingerprint density at radius 1 is 0.641 bits per heavy atom. The first-order valence-corrected chi connectivity index (χ1v) is 13.5. The molecule has 1 aliphatic rings. The van der Waals surface area contributed by atoms with Gasteiger partial charge in [0, 0.05) is 26.0 Å². The van der Waals surface area contributed by atoms with Crippen molar-refractivity contribution in [1.82, 2.24) is 0 Å². The third-order valence-electron chi connectivity index (χ3n) is 7.16. The molecule has 1 heterocycles. The Kier molecular flexibility index (Phi) is 8.88. The van der Waals surface area contributed by atoms with E-state index in [1.807, 2.05) is 0 Å². The minimum Gasteiger partial charge on any atom is -0.469 e. The average molecular weight is 519 g/mol. The number of benzene rings is 4. The van der Waals surface area contributed by atoms with Crippen LogP contribution in [0.2, 0.25) is 0 Å². The monoisotopic (exact) mass is 518 g/mol. The topological polar surface area (TPSA) is 32.3 Å². The van der Waals surface area contributed by atoms with Crippen LogP contribution in [0.15, 0.2) is 109 Å². The Bertz CT molecular complexity index is 1400. The summed E-state index contributed by atoms with van der Waals surface area (Å²) in [6, 6.07) is 38.8. The van der Waals surface area contributed by atoms with Gasteiger partial charge in [-0.15, -0.1) is 9.15 Å². The third kappa shape index (κ3) is 5.91. The van der Waals surface area contributed by atoms with E-state index in [1.54, 1.807) is 13.8 Å². The van der Waals surface area contributed by atoms with Gasteiger partial charge in [0.1, 0.15) is 0 Å². The first kappa shape index (κ1) is 27.7. The van der Waals surface area contributed by atoms with Crippen molar-refractivity contribution >= 4 is 28.8 Å². The molecule has 0 fully saturated rings. The zero-order valence-electron chi connectivity index (χ0n) is 23.8. The van der Waals surface area contributed by atoms with E-state index in [4.69, 9.17) is 0 Å². The first-order chi connectivity index (χ1) is 18.8. The van der Waals surface area contributed by atoms with Gasteiger partial charge in [0.25, 0.3) is 11.4 Å². The summed E-state index contributed by atoms with van der Waals surface area (Å²) >= 11 is 0. The second kappa shape index (κ2) is 12.5. The minimum atomic E-state index is -0.153. The van der Waals surface area contributed by atoms with E-state index in [1.165, 1.54) is 52.2 Å². The molecule has 0 saturated heterocycles. The number of rotatable bonds is 5. The summed E-state index contributed by atoms with van der Waals surface area (Å²) in [5, 5.41) is 0. The summed E-state index contributed by atoms with van der Waals surface area (Å²) in [5.74, 6) is -0.148. The standard InChI is InChI=1S/C30H28N2.C5H10O2/c1-22-23(2)32(30-21-13-11-19-28(30)26-16-8-5-9-17-26)24(3)31(22)29-20-12-10-18-27(29)25-14-6-4-7-15-25;1-4(2)5(6)7-3/h4-21,24H,1-3H3;4H,1-3H3/q+2;. The molecule has 4 nitrogen and oxygen atoms in total. The maximum Gasteiger partial charge on any atom is 0.351 e. The van der Waals surface area contributed by atoms with Gasteiger partial charge in [-0.1, -0.05) is 98.8 Å². The molecule has 0 atom stereocenters. The number of carbonyl (C=O) groups excluding carboxylic acids is 1. The van der Waals surface area contributed by atoms with Crippen molar-refractivity contribution in [1.29, 1.82) is 0 Å². The van der Waals surface area contributed by atoms with Crippen LogP contribution in [0.5, 0.6) is 0 Å². The predicted octanol–water partition coefficient (Wildman–Crippen LogP) is 8.11. The fourth-order valence-electron chi connectivity index (χ4n) is 5.12. The normalized spacial score (nSPS) is 13.4. The number of methoxy groups -OCH3 is 1. The Morgan fingerprint density at radius 2 is 1.00 bits per heavy atom. The summed E-state index contributed by atoms with van der Waals surface area (Å²) < 4.78 is 9.32. The van der Waals surface area contributed by atoms with Crippen molar-refractivity contribution in [3.63, 3.8) is 0 Å². The molecule has 0 spiro atoms. The lowest BCUT2D eigenvalue weighted by molar-refractivity contribution is -0.687. The Labute approximate surface area is 232 Å². The van der Waals surface area contributed by atoms with Crippen molar-refractivity contribution in [3.8, 4) is 22.3 Å². The average Bonchev–Trinajstić information content (AvgIpc) is 3.20. The molecule has 5 rings (SSSR count). The Morgan fingerprint density at radius 3 is 1.33 bits per heavy atom.